The van der Waals surface area contributed by atoms with Gasteiger partial charge in [0.1, 0.15) is 0 Å². The Bertz CT molecular complexity index is 752. The topological polar surface area (TPSA) is 75.4 Å². The van der Waals surface area contributed by atoms with Gasteiger partial charge in [0.05, 0.1) is 6.42 Å². The number of urea groups is 1. The van der Waals surface area contributed by atoms with Crippen molar-refractivity contribution in [3.63, 3.8) is 0 Å². The Morgan fingerprint density at radius 1 is 1.12 bits per heavy atom. The van der Waals surface area contributed by atoms with Crippen LogP contribution in [0.2, 0.25) is 0 Å². The monoisotopic (exact) mass is 336 g/mol. The van der Waals surface area contributed by atoms with Gasteiger partial charge < -0.3 is 16.0 Å². The lowest BCUT2D eigenvalue weighted by atomic mass is 9.95. The Hall–Kier alpha value is -2.82. The summed E-state index contributed by atoms with van der Waals surface area (Å²) in [5, 5.41) is 2.87. The first kappa shape index (κ1) is 17.0. The summed E-state index contributed by atoms with van der Waals surface area (Å²) in [5.41, 5.74) is 8.12. The molecule has 2 aromatic carbocycles. The third kappa shape index (κ3) is 4.18. The lowest BCUT2D eigenvalue weighted by Crippen LogP contribution is -2.37. The standard InChI is InChI=1S/C20H22N3O2/c1-23(19(21)25)14-20(11-12-20)16-7-9-17(10-8-16)22-18(24)13-15-5-3-2-4-6-15/h2-10,13H,11-12,14H2,1H3,(H2,21,25)(H,22,24). The van der Waals surface area contributed by atoms with Crippen LogP contribution in [0, 0.1) is 6.42 Å². The van der Waals surface area contributed by atoms with Crippen LogP contribution < -0.4 is 11.1 Å². The normalized spacial score (nSPS) is 14.6. The predicted octanol–water partition coefficient (Wildman–Crippen LogP) is 2.92. The minimum atomic E-state index is -0.411. The first-order valence-corrected chi connectivity index (χ1v) is 8.30. The average Bonchev–Trinajstić information content (AvgIpc) is 3.37. The zero-order chi connectivity index (χ0) is 17.9. The van der Waals surface area contributed by atoms with E-state index in [1.807, 2.05) is 54.6 Å². The zero-order valence-electron chi connectivity index (χ0n) is 14.2. The quantitative estimate of drug-likeness (QED) is 0.851. The van der Waals surface area contributed by atoms with Crippen molar-refractivity contribution in [1.82, 2.24) is 4.90 Å². The fourth-order valence-electron chi connectivity index (χ4n) is 3.01. The summed E-state index contributed by atoms with van der Waals surface area (Å²) in [6, 6.07) is 16.9. The highest BCUT2D eigenvalue weighted by molar-refractivity contribution is 5.99. The van der Waals surface area contributed by atoms with Crippen LogP contribution in [0.15, 0.2) is 54.6 Å². The molecule has 0 spiro atoms. The van der Waals surface area contributed by atoms with Crippen molar-refractivity contribution in [3.05, 3.63) is 72.1 Å². The maximum atomic E-state index is 12.1. The molecule has 1 saturated carbocycles. The number of primary amides is 1. The maximum Gasteiger partial charge on any atom is 0.314 e. The molecule has 0 unspecified atom stereocenters. The molecule has 5 nitrogen and oxygen atoms in total. The summed E-state index contributed by atoms with van der Waals surface area (Å²) >= 11 is 0. The number of hydrogen-bond donors (Lipinski definition) is 2. The van der Waals surface area contributed by atoms with E-state index in [-0.39, 0.29) is 11.3 Å². The second-order valence-corrected chi connectivity index (χ2v) is 6.60. The first-order chi connectivity index (χ1) is 12.0. The van der Waals surface area contributed by atoms with Crippen molar-refractivity contribution in [2.45, 2.75) is 18.3 Å². The van der Waals surface area contributed by atoms with Crippen LogP contribution in [-0.2, 0) is 10.2 Å². The van der Waals surface area contributed by atoms with E-state index in [9.17, 15) is 9.59 Å². The largest absolute Gasteiger partial charge is 0.351 e. The second-order valence-electron chi connectivity index (χ2n) is 6.60. The van der Waals surface area contributed by atoms with Gasteiger partial charge in [-0.2, -0.15) is 0 Å². The lowest BCUT2D eigenvalue weighted by Gasteiger charge is -2.23. The van der Waals surface area contributed by atoms with Gasteiger partial charge in [0.15, 0.2) is 0 Å². The molecule has 0 saturated heterocycles. The third-order valence-corrected chi connectivity index (χ3v) is 4.63. The van der Waals surface area contributed by atoms with Crippen LogP contribution in [0.4, 0.5) is 10.5 Å². The molecule has 0 aliphatic heterocycles. The molecular formula is C20H22N3O2. The van der Waals surface area contributed by atoms with Crippen molar-refractivity contribution in [2.75, 3.05) is 18.9 Å². The van der Waals surface area contributed by atoms with E-state index < -0.39 is 6.03 Å². The van der Waals surface area contributed by atoms with Gasteiger partial charge in [0.2, 0.25) is 5.91 Å². The number of likely N-dealkylation sites (N-methyl/N-ethyl adjacent to an activating group) is 1. The van der Waals surface area contributed by atoms with E-state index in [1.54, 1.807) is 18.4 Å². The summed E-state index contributed by atoms with van der Waals surface area (Å²) in [7, 11) is 1.72. The van der Waals surface area contributed by atoms with Crippen LogP contribution in [0.5, 0.6) is 0 Å². The molecule has 1 aliphatic carbocycles. The molecular weight excluding hydrogens is 314 g/mol. The van der Waals surface area contributed by atoms with Crippen molar-refractivity contribution in [3.8, 4) is 0 Å². The third-order valence-electron chi connectivity index (χ3n) is 4.63. The number of benzene rings is 2. The Morgan fingerprint density at radius 2 is 1.76 bits per heavy atom. The number of anilines is 1. The smallest absolute Gasteiger partial charge is 0.314 e. The summed E-state index contributed by atoms with van der Waals surface area (Å²) < 4.78 is 0. The highest BCUT2D eigenvalue weighted by atomic mass is 16.2. The summed E-state index contributed by atoms with van der Waals surface area (Å²) in [6.07, 6.45) is 3.65. The van der Waals surface area contributed by atoms with Gasteiger partial charge in [-0.15, -0.1) is 0 Å². The fraction of sp³-hybridized carbons (Fsp3) is 0.250. The molecule has 25 heavy (non-hydrogen) atoms. The highest BCUT2D eigenvalue weighted by Crippen LogP contribution is 2.48. The van der Waals surface area contributed by atoms with Gasteiger partial charge in [-0.1, -0.05) is 42.5 Å². The first-order valence-electron chi connectivity index (χ1n) is 8.30. The van der Waals surface area contributed by atoms with Crippen LogP contribution >= 0.6 is 0 Å². The number of rotatable bonds is 6. The van der Waals surface area contributed by atoms with E-state index in [1.165, 1.54) is 5.56 Å². The van der Waals surface area contributed by atoms with Gasteiger partial charge >= 0.3 is 6.03 Å². The van der Waals surface area contributed by atoms with Gasteiger partial charge in [-0.3, -0.25) is 4.79 Å². The molecule has 3 N–H and O–H groups in total. The number of nitrogens with two attached hydrogens (primary N) is 1. The predicted molar refractivity (Wildman–Crippen MR) is 98.0 cm³/mol. The summed E-state index contributed by atoms with van der Waals surface area (Å²) in [5.74, 6) is -0.159. The number of carbonyl (C=O) groups is 2. The molecule has 2 aromatic rings. The number of carbonyl (C=O) groups excluding carboxylic acids is 2. The van der Waals surface area contributed by atoms with Crippen molar-refractivity contribution < 1.29 is 9.59 Å². The number of nitrogens with zero attached hydrogens (tertiary/aromatic N) is 1. The second kappa shape index (κ2) is 6.97. The maximum absolute atomic E-state index is 12.1. The molecule has 1 radical (unpaired) electrons. The van der Waals surface area contributed by atoms with E-state index in [0.29, 0.717) is 6.54 Å². The molecule has 129 valence electrons. The summed E-state index contributed by atoms with van der Waals surface area (Å²) in [4.78, 5) is 24.9. The van der Waals surface area contributed by atoms with Crippen molar-refractivity contribution >= 4 is 17.6 Å². The molecule has 3 amide bonds. The van der Waals surface area contributed by atoms with Gasteiger partial charge in [0, 0.05) is 24.7 Å². The van der Waals surface area contributed by atoms with Crippen LogP contribution in [0.3, 0.4) is 0 Å². The number of nitrogens with one attached hydrogen (secondary N) is 1. The average molecular weight is 336 g/mol. The number of hydrogen-bond acceptors (Lipinski definition) is 2. The minimum absolute atomic E-state index is 0.00246. The van der Waals surface area contributed by atoms with Gasteiger partial charge in [-0.05, 0) is 36.1 Å². The highest BCUT2D eigenvalue weighted by Gasteiger charge is 2.45. The van der Waals surface area contributed by atoms with E-state index in [4.69, 9.17) is 5.73 Å². The van der Waals surface area contributed by atoms with Crippen LogP contribution in [-0.4, -0.2) is 30.4 Å². The molecule has 5 heteroatoms. The Balaban J connectivity index is 1.61. The number of amides is 3. The molecule has 0 bridgehead atoms. The van der Waals surface area contributed by atoms with E-state index >= 15 is 0 Å². The minimum Gasteiger partial charge on any atom is -0.351 e. The van der Waals surface area contributed by atoms with E-state index in [2.05, 4.69) is 5.32 Å². The molecule has 1 fully saturated rings. The molecule has 0 aromatic heterocycles. The van der Waals surface area contributed by atoms with Crippen LogP contribution in [0.1, 0.15) is 24.0 Å². The molecule has 1 aliphatic rings. The zero-order valence-corrected chi connectivity index (χ0v) is 14.2. The fourth-order valence-corrected chi connectivity index (χ4v) is 3.01. The molecule has 0 heterocycles. The van der Waals surface area contributed by atoms with Crippen molar-refractivity contribution in [1.29, 1.82) is 0 Å². The molecule has 0 atom stereocenters. The Labute approximate surface area is 147 Å². The van der Waals surface area contributed by atoms with Crippen LogP contribution in [0.25, 0.3) is 0 Å². The Morgan fingerprint density at radius 3 is 2.32 bits per heavy atom. The van der Waals surface area contributed by atoms with Crippen molar-refractivity contribution in [2.24, 2.45) is 5.73 Å². The van der Waals surface area contributed by atoms with E-state index in [0.717, 1.165) is 24.1 Å². The Kier molecular flexibility index (Phi) is 4.74. The summed E-state index contributed by atoms with van der Waals surface area (Å²) in [6.45, 7) is 0.621. The molecule has 3 rings (SSSR count). The lowest BCUT2D eigenvalue weighted by molar-refractivity contribution is -0.112. The van der Waals surface area contributed by atoms with Gasteiger partial charge in [-0.25, -0.2) is 4.79 Å². The van der Waals surface area contributed by atoms with Gasteiger partial charge in [0.25, 0.3) is 0 Å². The SMILES string of the molecule is CN(CC1(c2ccc(NC(=O)[CH]c3ccccc3)cc2)CC1)C(N)=O.